The highest BCUT2D eigenvalue weighted by Crippen LogP contribution is 2.60. The van der Waals surface area contributed by atoms with Gasteiger partial charge in [0.2, 0.25) is 0 Å². The molecule has 4 rings (SSSR count). The molecule has 2 aromatic rings. The number of benzene rings is 2. The van der Waals surface area contributed by atoms with E-state index < -0.39 is 8.32 Å². The van der Waals surface area contributed by atoms with E-state index in [0.29, 0.717) is 18.3 Å². The van der Waals surface area contributed by atoms with Gasteiger partial charge in [-0.15, -0.1) is 0 Å². The van der Waals surface area contributed by atoms with Gasteiger partial charge in [0.1, 0.15) is 5.78 Å². The van der Waals surface area contributed by atoms with Gasteiger partial charge in [0.25, 0.3) is 8.32 Å². The first kappa shape index (κ1) is 25.4. The SMILES string of the molecule is C[C@@H]1C(=O)CC2C(C)(C)CCC[C@]2(C)[C@H]1CO[Si](c1ccccc1)(c1ccccc1)C(C)(C)C. The van der Waals surface area contributed by atoms with Crippen LogP contribution in [0.25, 0.3) is 0 Å². The van der Waals surface area contributed by atoms with E-state index in [1.807, 2.05) is 0 Å². The van der Waals surface area contributed by atoms with Crippen LogP contribution in [0, 0.1) is 28.6 Å². The summed E-state index contributed by atoms with van der Waals surface area (Å²) in [7, 11) is -2.62. The number of rotatable bonds is 5. The molecular weight excluding hydrogens is 432 g/mol. The van der Waals surface area contributed by atoms with Crippen LogP contribution in [0.5, 0.6) is 0 Å². The molecule has 0 saturated heterocycles. The number of Topliss-reactive ketones (excluding diaryl/α,β-unsaturated/α-hetero) is 1. The van der Waals surface area contributed by atoms with Crippen molar-refractivity contribution in [1.29, 1.82) is 0 Å². The third-order valence-electron chi connectivity index (χ3n) is 9.54. The molecule has 2 saturated carbocycles. The molecule has 0 spiro atoms. The lowest BCUT2D eigenvalue weighted by Gasteiger charge is -2.59. The van der Waals surface area contributed by atoms with Crippen LogP contribution >= 0.6 is 0 Å². The van der Waals surface area contributed by atoms with Crippen LogP contribution in [-0.2, 0) is 9.22 Å². The van der Waals surface area contributed by atoms with Gasteiger partial charge in [-0.1, -0.05) is 116 Å². The third-order valence-corrected chi connectivity index (χ3v) is 14.5. The molecule has 0 heterocycles. The lowest BCUT2D eigenvalue weighted by atomic mass is 9.46. The number of fused-ring (bicyclic) bond motifs is 1. The summed E-state index contributed by atoms with van der Waals surface area (Å²) in [4.78, 5) is 13.3. The first-order chi connectivity index (χ1) is 15.9. The van der Waals surface area contributed by atoms with Crippen LogP contribution in [-0.4, -0.2) is 20.7 Å². The molecule has 0 radical (unpaired) electrons. The van der Waals surface area contributed by atoms with Crippen molar-refractivity contribution in [3.8, 4) is 0 Å². The second kappa shape index (κ2) is 9.06. The minimum Gasteiger partial charge on any atom is -0.407 e. The first-order valence-electron chi connectivity index (χ1n) is 13.2. The topological polar surface area (TPSA) is 26.3 Å². The average molecular weight is 477 g/mol. The predicted octanol–water partition coefficient (Wildman–Crippen LogP) is 6.62. The molecule has 2 fully saturated rings. The molecule has 0 bridgehead atoms. The molecule has 2 aliphatic carbocycles. The standard InChI is InChI=1S/C31H44O2Si/c1-23-26(31(7)20-14-19-30(5,6)28(31)21-27(23)32)22-33-34(29(2,3)4,24-15-10-8-11-16-24)25-17-12-9-13-18-25/h8-13,15-18,23,26,28H,14,19-22H2,1-7H3/t23-,26-,28?,31+/m0/s1. The van der Waals surface area contributed by atoms with E-state index in [9.17, 15) is 4.79 Å². The van der Waals surface area contributed by atoms with Gasteiger partial charge in [-0.3, -0.25) is 4.79 Å². The smallest absolute Gasteiger partial charge is 0.261 e. The van der Waals surface area contributed by atoms with E-state index in [1.165, 1.54) is 29.6 Å². The summed E-state index contributed by atoms with van der Waals surface area (Å²) in [5.74, 6) is 1.17. The van der Waals surface area contributed by atoms with E-state index >= 15 is 0 Å². The Balaban J connectivity index is 1.79. The van der Waals surface area contributed by atoms with E-state index in [0.717, 1.165) is 6.42 Å². The maximum absolute atomic E-state index is 13.3. The van der Waals surface area contributed by atoms with Crippen molar-refractivity contribution in [3.05, 3.63) is 60.7 Å². The van der Waals surface area contributed by atoms with Crippen molar-refractivity contribution in [2.24, 2.45) is 28.6 Å². The zero-order valence-corrected chi connectivity index (χ0v) is 23.4. The van der Waals surface area contributed by atoms with E-state index in [2.05, 4.69) is 109 Å². The largest absolute Gasteiger partial charge is 0.407 e. The normalized spacial score (nSPS) is 29.5. The number of carbonyl (C=O) groups is 1. The monoisotopic (exact) mass is 476 g/mol. The van der Waals surface area contributed by atoms with Gasteiger partial charge in [0, 0.05) is 18.9 Å². The van der Waals surface area contributed by atoms with Crippen molar-refractivity contribution in [3.63, 3.8) is 0 Å². The molecule has 0 amide bonds. The lowest BCUT2D eigenvalue weighted by Crippen LogP contribution is -2.67. The number of hydrogen-bond donors (Lipinski definition) is 0. The molecule has 4 atom stereocenters. The predicted molar refractivity (Wildman–Crippen MR) is 145 cm³/mol. The Kier molecular flexibility index (Phi) is 6.76. The van der Waals surface area contributed by atoms with Gasteiger partial charge in [-0.05, 0) is 50.9 Å². The molecule has 0 aromatic heterocycles. The summed E-state index contributed by atoms with van der Waals surface area (Å²) >= 11 is 0. The zero-order chi connectivity index (χ0) is 24.8. The van der Waals surface area contributed by atoms with Gasteiger partial charge < -0.3 is 4.43 Å². The maximum atomic E-state index is 13.3. The zero-order valence-electron chi connectivity index (χ0n) is 22.4. The molecular formula is C31H44O2Si. The van der Waals surface area contributed by atoms with Crippen LogP contribution < -0.4 is 10.4 Å². The summed E-state index contributed by atoms with van der Waals surface area (Å²) in [5.41, 5.74) is 0.346. The van der Waals surface area contributed by atoms with Crippen LogP contribution in [0.3, 0.4) is 0 Å². The second-order valence-corrected chi connectivity index (χ2v) is 17.2. The summed E-state index contributed by atoms with van der Waals surface area (Å²) in [6, 6.07) is 21.8. The van der Waals surface area contributed by atoms with Crippen LogP contribution in [0.15, 0.2) is 60.7 Å². The maximum Gasteiger partial charge on any atom is 0.261 e. The quantitative estimate of drug-likeness (QED) is 0.453. The molecule has 3 heteroatoms. The Morgan fingerprint density at radius 1 is 0.912 bits per heavy atom. The lowest BCUT2D eigenvalue weighted by molar-refractivity contribution is -0.150. The molecule has 1 unspecified atom stereocenters. The van der Waals surface area contributed by atoms with Gasteiger partial charge in [0.15, 0.2) is 0 Å². The fourth-order valence-corrected chi connectivity index (χ4v) is 12.2. The fourth-order valence-electron chi connectivity index (χ4n) is 7.61. The fraction of sp³-hybridized carbons (Fsp3) is 0.581. The number of ketones is 1. The van der Waals surface area contributed by atoms with Crippen LogP contribution in [0.1, 0.15) is 74.1 Å². The average Bonchev–Trinajstić information content (AvgIpc) is 2.78. The minimum absolute atomic E-state index is 0.0494. The van der Waals surface area contributed by atoms with Gasteiger partial charge in [-0.2, -0.15) is 0 Å². The van der Waals surface area contributed by atoms with Gasteiger partial charge >= 0.3 is 0 Å². The van der Waals surface area contributed by atoms with Crippen LogP contribution in [0.2, 0.25) is 5.04 Å². The van der Waals surface area contributed by atoms with Crippen molar-refractivity contribution in [1.82, 2.24) is 0 Å². The molecule has 2 aromatic carbocycles. The van der Waals surface area contributed by atoms with Crippen LogP contribution in [0.4, 0.5) is 0 Å². The highest BCUT2D eigenvalue weighted by molar-refractivity contribution is 6.99. The van der Waals surface area contributed by atoms with E-state index in [4.69, 9.17) is 4.43 Å². The highest BCUT2D eigenvalue weighted by atomic mass is 28.4. The Bertz CT molecular complexity index is 952. The molecule has 34 heavy (non-hydrogen) atoms. The third kappa shape index (κ3) is 4.13. The molecule has 0 N–H and O–H groups in total. The van der Waals surface area contributed by atoms with Gasteiger partial charge in [0.05, 0.1) is 0 Å². The Labute approximate surface area is 208 Å². The molecule has 0 aliphatic heterocycles. The van der Waals surface area contributed by atoms with Crippen molar-refractivity contribution in [2.45, 2.75) is 79.2 Å². The minimum atomic E-state index is -2.62. The summed E-state index contributed by atoms with van der Waals surface area (Å²) in [5, 5.41) is 2.58. The van der Waals surface area contributed by atoms with Crippen molar-refractivity contribution in [2.75, 3.05) is 6.61 Å². The summed E-state index contributed by atoms with van der Waals surface area (Å²) in [6.45, 7) is 17.1. The first-order valence-corrected chi connectivity index (χ1v) is 15.1. The number of hydrogen-bond acceptors (Lipinski definition) is 2. The van der Waals surface area contributed by atoms with E-state index in [-0.39, 0.29) is 27.7 Å². The van der Waals surface area contributed by atoms with Crippen molar-refractivity contribution >= 4 is 24.5 Å². The van der Waals surface area contributed by atoms with E-state index in [1.54, 1.807) is 0 Å². The molecule has 2 nitrogen and oxygen atoms in total. The van der Waals surface area contributed by atoms with Crippen molar-refractivity contribution < 1.29 is 9.22 Å². The molecule has 2 aliphatic rings. The summed E-state index contributed by atoms with van der Waals surface area (Å²) in [6.07, 6.45) is 4.40. The van der Waals surface area contributed by atoms with Gasteiger partial charge in [-0.25, -0.2) is 0 Å². The molecule has 184 valence electrons. The Morgan fingerprint density at radius 2 is 1.44 bits per heavy atom. The Hall–Kier alpha value is -1.71. The highest BCUT2D eigenvalue weighted by Gasteiger charge is 2.58. The Morgan fingerprint density at radius 3 is 1.94 bits per heavy atom. The second-order valence-electron chi connectivity index (χ2n) is 12.9. The number of carbonyl (C=O) groups excluding carboxylic acids is 1. The summed E-state index contributed by atoms with van der Waals surface area (Å²) < 4.78 is 7.39.